The average Bonchev–Trinajstić information content (AvgIpc) is 3.98. The molecule has 2 nitrogen and oxygen atoms in total. The summed E-state index contributed by atoms with van der Waals surface area (Å²) in [7, 11) is 0. The monoisotopic (exact) mass is 783 g/mol. The summed E-state index contributed by atoms with van der Waals surface area (Å²) in [4.78, 5) is 3.72. The second-order valence-corrected chi connectivity index (χ2v) is 16.7. The predicted octanol–water partition coefficient (Wildman–Crippen LogP) is 16.0. The first-order chi connectivity index (χ1) is 29.7. The standard InChI is InChI=1S/C57H37NOS/c1-4-15-38(16-5-1)39-27-30-44(31-28-39)58(46-32-34-53-50(37-46)47-23-10-12-25-52(47)59-53)45-22-14-17-40(35-45)41-29-33-48-51(36-41)57(42-18-6-2-7-19-42,43-20-8-3-9-21-43)55-49-24-11-13-26-54(49)60-56(48)55/h1-37H. The Morgan fingerprint density at radius 3 is 1.72 bits per heavy atom. The van der Waals surface area contributed by atoms with E-state index in [0.717, 1.165) is 44.6 Å². The van der Waals surface area contributed by atoms with Gasteiger partial charge in [0.15, 0.2) is 0 Å². The van der Waals surface area contributed by atoms with Crippen LogP contribution in [0.3, 0.4) is 0 Å². The lowest BCUT2D eigenvalue weighted by Gasteiger charge is -2.34. The Morgan fingerprint density at radius 2 is 0.950 bits per heavy atom. The number of fused-ring (bicyclic) bond motifs is 8. The number of rotatable bonds is 7. The molecule has 1 aliphatic rings. The highest BCUT2D eigenvalue weighted by atomic mass is 32.1. The number of para-hydroxylation sites is 1. The van der Waals surface area contributed by atoms with Crippen LogP contribution in [0.5, 0.6) is 0 Å². The van der Waals surface area contributed by atoms with E-state index in [-0.39, 0.29) is 0 Å². The van der Waals surface area contributed by atoms with Crippen LogP contribution < -0.4 is 4.90 Å². The fraction of sp³-hybridized carbons (Fsp3) is 0.0175. The summed E-state index contributed by atoms with van der Waals surface area (Å²) >= 11 is 1.91. The third kappa shape index (κ3) is 5.33. The highest BCUT2D eigenvalue weighted by Gasteiger charge is 2.48. The zero-order valence-electron chi connectivity index (χ0n) is 32.6. The first-order valence-electron chi connectivity index (χ1n) is 20.5. The Balaban J connectivity index is 1.05. The van der Waals surface area contributed by atoms with Gasteiger partial charge in [0.1, 0.15) is 11.2 Å². The van der Waals surface area contributed by atoms with Crippen molar-refractivity contribution in [3.8, 4) is 32.7 Å². The van der Waals surface area contributed by atoms with Crippen molar-refractivity contribution in [2.24, 2.45) is 0 Å². The molecule has 282 valence electrons. The molecule has 11 aromatic rings. The van der Waals surface area contributed by atoms with Crippen LogP contribution in [0.25, 0.3) is 64.7 Å². The lowest BCUT2D eigenvalue weighted by Crippen LogP contribution is -2.28. The molecule has 2 heterocycles. The Hall–Kier alpha value is -7.46. The van der Waals surface area contributed by atoms with Crippen LogP contribution in [0.15, 0.2) is 229 Å². The molecule has 9 aromatic carbocycles. The summed E-state index contributed by atoms with van der Waals surface area (Å²) in [5, 5.41) is 3.53. The minimum Gasteiger partial charge on any atom is -0.456 e. The largest absolute Gasteiger partial charge is 0.456 e. The van der Waals surface area contributed by atoms with Gasteiger partial charge in [0.05, 0.1) is 5.41 Å². The van der Waals surface area contributed by atoms with Gasteiger partial charge in [0.25, 0.3) is 0 Å². The number of furan rings is 1. The lowest BCUT2D eigenvalue weighted by molar-refractivity contribution is 0.669. The van der Waals surface area contributed by atoms with Gasteiger partial charge in [-0.15, -0.1) is 11.3 Å². The molecule has 1 aliphatic carbocycles. The molecular formula is C57H37NOS. The van der Waals surface area contributed by atoms with Crippen molar-refractivity contribution in [2.75, 3.05) is 4.90 Å². The molecule has 0 saturated carbocycles. The van der Waals surface area contributed by atoms with Crippen LogP contribution in [-0.2, 0) is 5.41 Å². The third-order valence-corrected chi connectivity index (χ3v) is 13.5. The van der Waals surface area contributed by atoms with Crippen molar-refractivity contribution in [3.63, 3.8) is 0 Å². The van der Waals surface area contributed by atoms with Crippen molar-refractivity contribution >= 4 is 60.4 Å². The predicted molar refractivity (Wildman–Crippen MR) is 252 cm³/mol. The number of hydrogen-bond donors (Lipinski definition) is 0. The Morgan fingerprint density at radius 1 is 0.383 bits per heavy atom. The van der Waals surface area contributed by atoms with Gasteiger partial charge in [-0.25, -0.2) is 0 Å². The van der Waals surface area contributed by atoms with Crippen LogP contribution >= 0.6 is 11.3 Å². The summed E-state index contributed by atoms with van der Waals surface area (Å²) in [5.41, 5.74) is 15.8. The second-order valence-electron chi connectivity index (χ2n) is 15.6. The van der Waals surface area contributed by atoms with E-state index >= 15 is 0 Å². The van der Waals surface area contributed by atoms with Crippen molar-refractivity contribution in [1.29, 1.82) is 0 Å². The van der Waals surface area contributed by atoms with E-state index in [1.807, 2.05) is 23.5 Å². The number of hydrogen-bond acceptors (Lipinski definition) is 3. The molecule has 0 saturated heterocycles. The van der Waals surface area contributed by atoms with Gasteiger partial charge in [-0.2, -0.15) is 0 Å². The molecule has 0 fully saturated rings. The van der Waals surface area contributed by atoms with E-state index in [0.29, 0.717) is 0 Å². The van der Waals surface area contributed by atoms with Crippen molar-refractivity contribution in [1.82, 2.24) is 0 Å². The highest BCUT2D eigenvalue weighted by molar-refractivity contribution is 7.22. The minimum absolute atomic E-state index is 0.490. The van der Waals surface area contributed by atoms with Crippen LogP contribution in [0.1, 0.15) is 22.3 Å². The Labute approximate surface area is 352 Å². The van der Waals surface area contributed by atoms with Crippen LogP contribution in [0.2, 0.25) is 0 Å². The van der Waals surface area contributed by atoms with E-state index in [1.54, 1.807) is 0 Å². The van der Waals surface area contributed by atoms with E-state index in [9.17, 15) is 0 Å². The number of nitrogens with zero attached hydrogens (tertiary/aromatic N) is 1. The highest BCUT2D eigenvalue weighted by Crippen LogP contribution is 2.61. The van der Waals surface area contributed by atoms with Gasteiger partial charge in [-0.1, -0.05) is 164 Å². The molecule has 0 atom stereocenters. The molecule has 0 aliphatic heterocycles. The molecule has 2 aromatic heterocycles. The van der Waals surface area contributed by atoms with E-state index < -0.39 is 5.41 Å². The summed E-state index contributed by atoms with van der Waals surface area (Å²) in [6, 6.07) is 81.7. The molecule has 0 spiro atoms. The van der Waals surface area contributed by atoms with Gasteiger partial charge in [-0.3, -0.25) is 0 Å². The van der Waals surface area contributed by atoms with Crippen molar-refractivity contribution in [3.05, 3.63) is 247 Å². The SMILES string of the molecule is c1ccc(-c2ccc(N(c3cccc(-c4ccc5c(c4)C(c4ccccc4)(c4ccccc4)c4c-5sc5ccccc45)c3)c3ccc4oc5ccccc5c4c3)cc2)cc1. The maximum atomic E-state index is 6.28. The molecule has 60 heavy (non-hydrogen) atoms. The van der Waals surface area contributed by atoms with Crippen molar-refractivity contribution < 1.29 is 4.42 Å². The zero-order valence-corrected chi connectivity index (χ0v) is 33.4. The van der Waals surface area contributed by atoms with E-state index in [1.165, 1.54) is 59.5 Å². The van der Waals surface area contributed by atoms with Gasteiger partial charge >= 0.3 is 0 Å². The van der Waals surface area contributed by atoms with Crippen LogP contribution in [0.4, 0.5) is 17.1 Å². The third-order valence-electron chi connectivity index (χ3n) is 12.3. The van der Waals surface area contributed by atoms with Gasteiger partial charge in [0, 0.05) is 37.4 Å². The topological polar surface area (TPSA) is 16.4 Å². The summed E-state index contributed by atoms with van der Waals surface area (Å²) in [6.07, 6.45) is 0. The number of thiophene rings is 1. The second kappa shape index (κ2) is 13.8. The van der Waals surface area contributed by atoms with E-state index in [4.69, 9.17) is 4.42 Å². The molecule has 12 rings (SSSR count). The van der Waals surface area contributed by atoms with E-state index in [2.05, 4.69) is 217 Å². The summed E-state index contributed by atoms with van der Waals surface area (Å²) in [6.45, 7) is 0. The zero-order chi connectivity index (χ0) is 39.6. The minimum atomic E-state index is -0.490. The van der Waals surface area contributed by atoms with Gasteiger partial charge in [-0.05, 0) is 116 Å². The maximum Gasteiger partial charge on any atom is 0.135 e. The van der Waals surface area contributed by atoms with Crippen LogP contribution in [0, 0.1) is 0 Å². The normalized spacial score (nSPS) is 12.8. The smallest absolute Gasteiger partial charge is 0.135 e. The molecule has 0 bridgehead atoms. The summed E-state index contributed by atoms with van der Waals surface area (Å²) < 4.78 is 7.60. The first-order valence-corrected chi connectivity index (χ1v) is 21.3. The molecule has 0 amide bonds. The van der Waals surface area contributed by atoms with Crippen molar-refractivity contribution in [2.45, 2.75) is 5.41 Å². The molecule has 0 radical (unpaired) electrons. The number of benzene rings is 9. The maximum absolute atomic E-state index is 6.28. The average molecular weight is 784 g/mol. The first kappa shape index (κ1) is 34.6. The molecule has 0 N–H and O–H groups in total. The van der Waals surface area contributed by atoms with Crippen LogP contribution in [-0.4, -0.2) is 0 Å². The van der Waals surface area contributed by atoms with Gasteiger partial charge < -0.3 is 9.32 Å². The molecular weight excluding hydrogens is 747 g/mol. The Kier molecular flexibility index (Phi) is 7.97. The summed E-state index contributed by atoms with van der Waals surface area (Å²) in [5.74, 6) is 0. The fourth-order valence-electron chi connectivity index (χ4n) is 9.68. The fourth-order valence-corrected chi connectivity index (χ4v) is 11.0. The Bertz CT molecular complexity index is 3320. The van der Waals surface area contributed by atoms with Gasteiger partial charge in [0.2, 0.25) is 0 Å². The quantitative estimate of drug-likeness (QED) is 0.160. The number of anilines is 3. The lowest BCUT2D eigenvalue weighted by atomic mass is 9.67. The molecule has 3 heteroatoms. The molecule has 0 unspecified atom stereocenters.